The van der Waals surface area contributed by atoms with E-state index in [1.54, 1.807) is 6.92 Å². The van der Waals surface area contributed by atoms with Gasteiger partial charge in [0, 0.05) is 6.20 Å². The summed E-state index contributed by atoms with van der Waals surface area (Å²) in [6, 6.07) is 1.44. The van der Waals surface area contributed by atoms with E-state index in [0.717, 1.165) is 0 Å². The lowest BCUT2D eigenvalue weighted by Gasteiger charge is -2.14. The number of carboxylic acid groups (broad SMARTS) is 1. The summed E-state index contributed by atoms with van der Waals surface area (Å²) in [5.74, 6) is -2.61. The summed E-state index contributed by atoms with van der Waals surface area (Å²) in [6.07, 6.45) is -2.17. The Morgan fingerprint density at radius 1 is 1.62 bits per heavy atom. The van der Waals surface area contributed by atoms with Crippen LogP contribution in [0.4, 0.5) is 8.78 Å². The van der Waals surface area contributed by atoms with Crippen LogP contribution in [0.15, 0.2) is 12.3 Å². The van der Waals surface area contributed by atoms with Crippen molar-refractivity contribution in [1.29, 1.82) is 0 Å². The van der Waals surface area contributed by atoms with Gasteiger partial charge in [0.1, 0.15) is 5.15 Å². The van der Waals surface area contributed by atoms with E-state index in [1.807, 2.05) is 0 Å². The molecule has 1 aromatic rings. The van der Waals surface area contributed by atoms with E-state index in [2.05, 4.69) is 4.98 Å². The Kier molecular flexibility index (Phi) is 4.18. The van der Waals surface area contributed by atoms with Gasteiger partial charge >= 0.3 is 5.97 Å². The van der Waals surface area contributed by atoms with Gasteiger partial charge in [-0.25, -0.2) is 13.8 Å². The molecular formula is C10H10ClF2NO2. The maximum Gasteiger partial charge on any atom is 0.304 e. The summed E-state index contributed by atoms with van der Waals surface area (Å²) in [5.41, 5.74) is 0.745. The van der Waals surface area contributed by atoms with Crippen LogP contribution in [0.2, 0.25) is 5.15 Å². The Balaban J connectivity index is 3.01. The molecule has 0 aliphatic heterocycles. The summed E-state index contributed by atoms with van der Waals surface area (Å²) >= 11 is 5.66. The number of hydrogen-bond acceptors (Lipinski definition) is 2. The second-order valence-electron chi connectivity index (χ2n) is 3.42. The Bertz CT molecular complexity index is 398. The second kappa shape index (κ2) is 5.21. The number of aromatic nitrogens is 1. The van der Waals surface area contributed by atoms with E-state index >= 15 is 0 Å². The minimum absolute atomic E-state index is 0.194. The summed E-state index contributed by atoms with van der Waals surface area (Å²) in [5, 5.41) is 8.77. The first-order chi connectivity index (χ1) is 7.41. The first-order valence-corrected chi connectivity index (χ1v) is 4.91. The van der Waals surface area contributed by atoms with Gasteiger partial charge in [0.2, 0.25) is 6.43 Å². The van der Waals surface area contributed by atoms with Crippen LogP contribution < -0.4 is 0 Å². The fourth-order valence-corrected chi connectivity index (χ4v) is 1.43. The molecule has 3 nitrogen and oxygen atoms in total. The first kappa shape index (κ1) is 12.8. The molecule has 1 unspecified atom stereocenters. The molecule has 1 atom stereocenters. The number of aliphatic carboxylic acids is 1. The lowest BCUT2D eigenvalue weighted by atomic mass is 9.97. The highest BCUT2D eigenvalue weighted by Crippen LogP contribution is 2.28. The largest absolute Gasteiger partial charge is 0.481 e. The van der Waals surface area contributed by atoms with Gasteiger partial charge in [-0.3, -0.25) is 4.79 Å². The molecular weight excluding hydrogens is 240 g/mol. The Labute approximate surface area is 96.1 Å². The zero-order valence-corrected chi connectivity index (χ0v) is 9.21. The number of nitrogens with zero attached hydrogens (tertiary/aromatic N) is 1. The highest BCUT2D eigenvalue weighted by Gasteiger charge is 2.25. The van der Waals surface area contributed by atoms with Crippen molar-refractivity contribution in [3.63, 3.8) is 0 Å². The molecule has 88 valence electrons. The average molecular weight is 250 g/mol. The molecule has 16 heavy (non-hydrogen) atoms. The molecule has 0 aliphatic carbocycles. The van der Waals surface area contributed by atoms with Crippen LogP contribution in [0.25, 0.3) is 0 Å². The zero-order chi connectivity index (χ0) is 12.3. The summed E-state index contributed by atoms with van der Waals surface area (Å²) in [7, 11) is 0. The zero-order valence-electron chi connectivity index (χ0n) is 8.45. The van der Waals surface area contributed by atoms with Gasteiger partial charge in [-0.05, 0) is 18.1 Å². The van der Waals surface area contributed by atoms with Crippen molar-refractivity contribution in [3.05, 3.63) is 28.5 Å². The molecule has 0 fully saturated rings. The number of aryl methyl sites for hydroxylation is 1. The number of halogens is 3. The number of rotatable bonds is 4. The monoisotopic (exact) mass is 249 g/mol. The predicted molar refractivity (Wildman–Crippen MR) is 55.0 cm³/mol. The van der Waals surface area contributed by atoms with Gasteiger partial charge in [0.05, 0.1) is 12.3 Å². The molecule has 1 rings (SSSR count). The Hall–Kier alpha value is -1.23. The van der Waals surface area contributed by atoms with Gasteiger partial charge in [-0.2, -0.15) is 0 Å². The minimum Gasteiger partial charge on any atom is -0.481 e. The molecule has 0 saturated heterocycles. The molecule has 0 amide bonds. The molecule has 0 spiro atoms. The maximum absolute atomic E-state index is 12.7. The average Bonchev–Trinajstić information content (AvgIpc) is 2.18. The van der Waals surface area contributed by atoms with Crippen LogP contribution in [0.3, 0.4) is 0 Å². The van der Waals surface area contributed by atoms with Gasteiger partial charge in [-0.15, -0.1) is 0 Å². The van der Waals surface area contributed by atoms with Crippen molar-refractivity contribution in [3.8, 4) is 0 Å². The van der Waals surface area contributed by atoms with E-state index < -0.39 is 24.7 Å². The van der Waals surface area contributed by atoms with Crippen molar-refractivity contribution >= 4 is 17.6 Å². The van der Waals surface area contributed by atoms with Gasteiger partial charge in [0.25, 0.3) is 0 Å². The van der Waals surface area contributed by atoms with Crippen LogP contribution in [-0.2, 0) is 4.79 Å². The summed E-state index contributed by atoms with van der Waals surface area (Å²) in [4.78, 5) is 14.2. The molecule has 0 aliphatic rings. The third-order valence-corrected chi connectivity index (χ3v) is 2.56. The molecule has 0 aromatic carbocycles. The van der Waals surface area contributed by atoms with Crippen LogP contribution in [0.5, 0.6) is 0 Å². The van der Waals surface area contributed by atoms with E-state index in [1.165, 1.54) is 12.3 Å². The molecule has 0 radical (unpaired) electrons. The highest BCUT2D eigenvalue weighted by molar-refractivity contribution is 6.30. The topological polar surface area (TPSA) is 50.2 Å². The van der Waals surface area contributed by atoms with Gasteiger partial charge in [0.15, 0.2) is 0 Å². The van der Waals surface area contributed by atoms with E-state index in [9.17, 15) is 13.6 Å². The van der Waals surface area contributed by atoms with Crippen molar-refractivity contribution < 1.29 is 18.7 Å². The minimum atomic E-state index is -2.74. The molecule has 6 heteroatoms. The summed E-state index contributed by atoms with van der Waals surface area (Å²) < 4.78 is 25.3. The summed E-state index contributed by atoms with van der Waals surface area (Å²) in [6.45, 7) is 1.63. The second-order valence-corrected chi connectivity index (χ2v) is 3.77. The lowest BCUT2D eigenvalue weighted by molar-refractivity contribution is -0.138. The van der Waals surface area contributed by atoms with Gasteiger partial charge < -0.3 is 5.11 Å². The number of carboxylic acids is 1. The fourth-order valence-electron chi connectivity index (χ4n) is 1.32. The van der Waals surface area contributed by atoms with Crippen molar-refractivity contribution in [1.82, 2.24) is 4.98 Å². The number of carbonyl (C=O) groups is 1. The normalized spacial score (nSPS) is 12.8. The number of alkyl halides is 2. The number of hydrogen-bond donors (Lipinski definition) is 1. The quantitative estimate of drug-likeness (QED) is 0.835. The first-order valence-electron chi connectivity index (χ1n) is 4.53. The number of pyridine rings is 1. The van der Waals surface area contributed by atoms with Crippen molar-refractivity contribution in [2.45, 2.75) is 25.7 Å². The van der Waals surface area contributed by atoms with E-state index in [-0.39, 0.29) is 10.7 Å². The van der Waals surface area contributed by atoms with E-state index in [4.69, 9.17) is 16.7 Å². The molecule has 0 bridgehead atoms. The van der Waals surface area contributed by atoms with Crippen LogP contribution in [0.1, 0.15) is 23.5 Å². The Morgan fingerprint density at radius 2 is 2.25 bits per heavy atom. The maximum atomic E-state index is 12.7. The van der Waals surface area contributed by atoms with E-state index in [0.29, 0.717) is 5.56 Å². The van der Waals surface area contributed by atoms with Crippen molar-refractivity contribution in [2.75, 3.05) is 0 Å². The lowest BCUT2D eigenvalue weighted by Crippen LogP contribution is -2.14. The molecule has 0 saturated carbocycles. The molecule has 1 heterocycles. The predicted octanol–water partition coefficient (Wildman–Crippen LogP) is 2.87. The third-order valence-electron chi connectivity index (χ3n) is 2.16. The fraction of sp³-hybridized carbons (Fsp3) is 0.400. The van der Waals surface area contributed by atoms with Gasteiger partial charge in [-0.1, -0.05) is 17.7 Å². The molecule has 1 N–H and O–H groups in total. The third kappa shape index (κ3) is 3.13. The van der Waals surface area contributed by atoms with Crippen LogP contribution >= 0.6 is 11.6 Å². The van der Waals surface area contributed by atoms with Crippen molar-refractivity contribution in [2.24, 2.45) is 0 Å². The van der Waals surface area contributed by atoms with Crippen LogP contribution in [0, 0.1) is 6.92 Å². The standard InChI is InChI=1S/C10H10ClF2NO2/c1-5-2-6(4-14-9(5)11)7(10(12)13)3-8(15)16/h2,4,7,10H,3H2,1H3,(H,15,16). The highest BCUT2D eigenvalue weighted by atomic mass is 35.5. The Morgan fingerprint density at radius 3 is 2.69 bits per heavy atom. The smallest absolute Gasteiger partial charge is 0.304 e. The molecule has 1 aromatic heterocycles. The van der Waals surface area contributed by atoms with Crippen LogP contribution in [-0.4, -0.2) is 22.5 Å². The SMILES string of the molecule is Cc1cc(C(CC(=O)O)C(F)F)cnc1Cl.